The van der Waals surface area contributed by atoms with E-state index in [0.29, 0.717) is 5.56 Å². The van der Waals surface area contributed by atoms with Gasteiger partial charge in [-0.25, -0.2) is 17.9 Å². The first-order chi connectivity index (χ1) is 9.20. The lowest BCUT2D eigenvalue weighted by molar-refractivity contribution is -0.385. The topological polar surface area (TPSA) is 116 Å². The van der Waals surface area contributed by atoms with Gasteiger partial charge in [0.05, 0.1) is 16.7 Å². The Hall–Kier alpha value is -2.00. The molecule has 0 aliphatic rings. The minimum atomic E-state index is -3.32. The fraction of sp³-hybridized carbons (Fsp3) is 0.364. The number of sulfonamides is 1. The van der Waals surface area contributed by atoms with Crippen LogP contribution in [-0.4, -0.2) is 38.7 Å². The first kappa shape index (κ1) is 16.1. The van der Waals surface area contributed by atoms with Crippen LogP contribution in [0.1, 0.15) is 15.9 Å². The Morgan fingerprint density at radius 1 is 1.45 bits per heavy atom. The maximum atomic E-state index is 11.6. The number of nitrogens with one attached hydrogen (secondary N) is 1. The van der Waals surface area contributed by atoms with Crippen LogP contribution in [0.4, 0.5) is 5.69 Å². The number of esters is 1. The van der Waals surface area contributed by atoms with Crippen LogP contribution in [0.3, 0.4) is 0 Å². The number of nitro groups is 1. The minimum absolute atomic E-state index is 0.0312. The molecule has 0 heterocycles. The molecule has 0 aliphatic carbocycles. The predicted molar refractivity (Wildman–Crippen MR) is 71.0 cm³/mol. The van der Waals surface area contributed by atoms with Gasteiger partial charge in [0.2, 0.25) is 10.0 Å². The number of hydrogen-bond donors (Lipinski definition) is 1. The normalized spacial score (nSPS) is 11.1. The van der Waals surface area contributed by atoms with E-state index in [1.807, 2.05) is 0 Å². The van der Waals surface area contributed by atoms with Crippen LogP contribution < -0.4 is 4.72 Å². The molecule has 1 rings (SSSR count). The summed E-state index contributed by atoms with van der Waals surface area (Å²) in [4.78, 5) is 21.7. The van der Waals surface area contributed by atoms with Crippen LogP contribution in [-0.2, 0) is 14.8 Å². The molecule has 0 saturated carbocycles. The van der Waals surface area contributed by atoms with Gasteiger partial charge >= 0.3 is 5.97 Å². The van der Waals surface area contributed by atoms with Crippen molar-refractivity contribution in [3.05, 3.63) is 39.4 Å². The zero-order valence-corrected chi connectivity index (χ0v) is 11.8. The van der Waals surface area contributed by atoms with E-state index in [9.17, 15) is 23.3 Å². The first-order valence-corrected chi connectivity index (χ1v) is 7.46. The second-order valence-corrected chi connectivity index (χ2v) is 5.89. The molecule has 0 bridgehead atoms. The number of hydrogen-bond acceptors (Lipinski definition) is 6. The highest BCUT2D eigenvalue weighted by Crippen LogP contribution is 2.19. The molecule has 0 unspecified atom stereocenters. The monoisotopic (exact) mass is 302 g/mol. The summed E-state index contributed by atoms with van der Waals surface area (Å²) in [5.41, 5.74) is 0.437. The van der Waals surface area contributed by atoms with Crippen molar-refractivity contribution < 1.29 is 22.9 Å². The highest BCUT2D eigenvalue weighted by atomic mass is 32.2. The molecule has 1 aromatic carbocycles. The molecule has 0 aliphatic heterocycles. The van der Waals surface area contributed by atoms with E-state index in [4.69, 9.17) is 4.74 Å². The van der Waals surface area contributed by atoms with Gasteiger partial charge in [-0.05, 0) is 19.1 Å². The van der Waals surface area contributed by atoms with E-state index in [-0.39, 0.29) is 24.4 Å². The fourth-order valence-electron chi connectivity index (χ4n) is 1.44. The number of aryl methyl sites for hydroxylation is 1. The van der Waals surface area contributed by atoms with Crippen LogP contribution in [0.5, 0.6) is 0 Å². The fourth-order valence-corrected chi connectivity index (χ4v) is 1.90. The van der Waals surface area contributed by atoms with E-state index >= 15 is 0 Å². The Morgan fingerprint density at radius 2 is 2.10 bits per heavy atom. The van der Waals surface area contributed by atoms with Gasteiger partial charge in [-0.3, -0.25) is 10.1 Å². The van der Waals surface area contributed by atoms with E-state index < -0.39 is 20.9 Å². The summed E-state index contributed by atoms with van der Waals surface area (Å²) in [6.45, 7) is 1.36. The van der Waals surface area contributed by atoms with Crippen molar-refractivity contribution in [3.8, 4) is 0 Å². The number of benzene rings is 1. The van der Waals surface area contributed by atoms with E-state index in [2.05, 4.69) is 4.72 Å². The van der Waals surface area contributed by atoms with Crippen LogP contribution in [0, 0.1) is 17.0 Å². The maximum Gasteiger partial charge on any atom is 0.338 e. The van der Waals surface area contributed by atoms with Gasteiger partial charge in [0.15, 0.2) is 0 Å². The quantitative estimate of drug-likeness (QED) is 0.356. The van der Waals surface area contributed by atoms with Crippen LogP contribution in [0.25, 0.3) is 0 Å². The Labute approximate surface area is 115 Å². The second kappa shape index (κ2) is 6.44. The third kappa shape index (κ3) is 4.94. The molecule has 0 spiro atoms. The average molecular weight is 302 g/mol. The highest BCUT2D eigenvalue weighted by molar-refractivity contribution is 7.88. The minimum Gasteiger partial charge on any atom is -0.461 e. The molecule has 0 fully saturated rings. The predicted octanol–water partition coefficient (Wildman–Crippen LogP) is 0.609. The van der Waals surface area contributed by atoms with Gasteiger partial charge in [-0.2, -0.15) is 0 Å². The van der Waals surface area contributed by atoms with Gasteiger partial charge in [-0.1, -0.05) is 0 Å². The summed E-state index contributed by atoms with van der Waals surface area (Å²) < 4.78 is 28.6. The number of ether oxygens (including phenoxy) is 1. The lowest BCUT2D eigenvalue weighted by Crippen LogP contribution is -2.26. The number of nitrogens with zero attached hydrogens (tertiary/aromatic N) is 1. The van der Waals surface area contributed by atoms with Gasteiger partial charge in [0, 0.05) is 18.2 Å². The Balaban J connectivity index is 2.60. The third-order valence-corrected chi connectivity index (χ3v) is 3.06. The smallest absolute Gasteiger partial charge is 0.338 e. The molecule has 0 saturated heterocycles. The molecule has 1 aromatic rings. The van der Waals surface area contributed by atoms with Crippen molar-refractivity contribution in [1.29, 1.82) is 0 Å². The summed E-state index contributed by atoms with van der Waals surface area (Å²) in [7, 11) is -3.32. The Kier molecular flexibility index (Phi) is 5.17. The molecule has 0 aromatic heterocycles. The van der Waals surface area contributed by atoms with Gasteiger partial charge in [0.25, 0.3) is 5.69 Å². The molecule has 0 radical (unpaired) electrons. The molecule has 8 nitrogen and oxygen atoms in total. The zero-order valence-electron chi connectivity index (χ0n) is 11.0. The highest BCUT2D eigenvalue weighted by Gasteiger charge is 2.14. The molecule has 20 heavy (non-hydrogen) atoms. The zero-order chi connectivity index (χ0) is 15.3. The van der Waals surface area contributed by atoms with E-state index in [1.54, 1.807) is 0 Å². The van der Waals surface area contributed by atoms with Gasteiger partial charge in [-0.15, -0.1) is 0 Å². The van der Waals surface area contributed by atoms with Crippen molar-refractivity contribution in [2.24, 2.45) is 0 Å². The molecule has 1 N–H and O–H groups in total. The Morgan fingerprint density at radius 3 is 2.60 bits per heavy atom. The van der Waals surface area contributed by atoms with Gasteiger partial charge in [0.1, 0.15) is 6.61 Å². The first-order valence-electron chi connectivity index (χ1n) is 5.57. The van der Waals surface area contributed by atoms with Gasteiger partial charge < -0.3 is 4.74 Å². The lowest BCUT2D eigenvalue weighted by atomic mass is 10.1. The third-order valence-electron chi connectivity index (χ3n) is 2.33. The average Bonchev–Trinajstić information content (AvgIpc) is 2.32. The molecular weight excluding hydrogens is 288 g/mol. The molecule has 110 valence electrons. The van der Waals surface area contributed by atoms with Crippen molar-refractivity contribution in [1.82, 2.24) is 4.72 Å². The number of carbonyl (C=O) groups excluding carboxylic acids is 1. The standard InChI is InChI=1S/C11H14N2O6S/c1-8-7-9(3-4-10(8)13(15)16)11(14)19-6-5-12-20(2,17)18/h3-4,7,12H,5-6H2,1-2H3. The summed E-state index contributed by atoms with van der Waals surface area (Å²) in [5, 5.41) is 10.6. The summed E-state index contributed by atoms with van der Waals surface area (Å²) in [6, 6.07) is 3.86. The van der Waals surface area contributed by atoms with E-state index in [1.165, 1.54) is 25.1 Å². The molecule has 0 atom stereocenters. The maximum absolute atomic E-state index is 11.6. The van der Waals surface area contributed by atoms with Crippen molar-refractivity contribution in [2.45, 2.75) is 6.92 Å². The second-order valence-electron chi connectivity index (χ2n) is 4.06. The van der Waals surface area contributed by atoms with Crippen molar-refractivity contribution >= 4 is 21.7 Å². The number of rotatable bonds is 6. The largest absolute Gasteiger partial charge is 0.461 e. The lowest BCUT2D eigenvalue weighted by Gasteiger charge is -2.06. The molecule has 0 amide bonds. The molecular formula is C11H14N2O6S. The SMILES string of the molecule is Cc1cc(C(=O)OCCNS(C)(=O)=O)ccc1[N+](=O)[O-]. The summed E-state index contributed by atoms with van der Waals surface area (Å²) >= 11 is 0. The van der Waals surface area contributed by atoms with Crippen molar-refractivity contribution in [2.75, 3.05) is 19.4 Å². The number of nitro benzene ring substituents is 1. The van der Waals surface area contributed by atoms with Crippen LogP contribution in [0.2, 0.25) is 0 Å². The van der Waals surface area contributed by atoms with Crippen LogP contribution >= 0.6 is 0 Å². The number of carbonyl (C=O) groups is 1. The van der Waals surface area contributed by atoms with Crippen LogP contribution in [0.15, 0.2) is 18.2 Å². The summed E-state index contributed by atoms with van der Waals surface area (Å²) in [5.74, 6) is -0.668. The Bertz CT molecular complexity index is 626. The van der Waals surface area contributed by atoms with Crippen molar-refractivity contribution in [3.63, 3.8) is 0 Å². The summed E-state index contributed by atoms with van der Waals surface area (Å²) in [6.07, 6.45) is 0.995. The molecule has 9 heteroatoms. The van der Waals surface area contributed by atoms with E-state index in [0.717, 1.165) is 6.26 Å².